The zero-order valence-electron chi connectivity index (χ0n) is 5.31. The van der Waals surface area contributed by atoms with E-state index >= 15 is 0 Å². The van der Waals surface area contributed by atoms with E-state index in [1.165, 1.54) is 18.3 Å². The van der Waals surface area contributed by atoms with E-state index < -0.39 is 0 Å². The first-order valence-corrected chi connectivity index (χ1v) is 3.49. The van der Waals surface area contributed by atoms with Gasteiger partial charge in [0, 0.05) is 18.5 Å². The van der Waals surface area contributed by atoms with Gasteiger partial charge >= 0.3 is 0 Å². The first-order valence-electron chi connectivity index (χ1n) is 2.61. The molecule has 0 aromatic carbocycles. The summed E-state index contributed by atoms with van der Waals surface area (Å²) >= 11 is 1.34. The Hall–Kier alpha value is -1.10. The van der Waals surface area contributed by atoms with E-state index in [0.29, 0.717) is 5.13 Å². The average molecular weight is 155 g/mol. The smallest absolute Gasteiger partial charge is 0.261 e. The molecule has 10 heavy (non-hydrogen) atoms. The highest BCUT2D eigenvalue weighted by atomic mass is 32.1. The molecule has 5 heteroatoms. The SMILES string of the molecule is CC(=O)N=Nc1nccs1. The fraction of sp³-hybridized carbons (Fsp3) is 0.200. The van der Waals surface area contributed by atoms with E-state index in [4.69, 9.17) is 0 Å². The molecule has 0 aliphatic carbocycles. The van der Waals surface area contributed by atoms with Crippen LogP contribution in [0.3, 0.4) is 0 Å². The lowest BCUT2D eigenvalue weighted by molar-refractivity contribution is -0.116. The molecule has 0 fully saturated rings. The number of hydrogen-bond donors (Lipinski definition) is 0. The van der Waals surface area contributed by atoms with Gasteiger partial charge in [-0.3, -0.25) is 4.79 Å². The van der Waals surface area contributed by atoms with Crippen molar-refractivity contribution in [3.8, 4) is 0 Å². The maximum absolute atomic E-state index is 10.3. The highest BCUT2D eigenvalue weighted by molar-refractivity contribution is 7.13. The van der Waals surface area contributed by atoms with Crippen molar-refractivity contribution in [1.29, 1.82) is 0 Å². The summed E-state index contributed by atoms with van der Waals surface area (Å²) in [6.45, 7) is 1.34. The van der Waals surface area contributed by atoms with Crippen LogP contribution in [0.25, 0.3) is 0 Å². The van der Waals surface area contributed by atoms with Crippen LogP contribution in [0.4, 0.5) is 5.13 Å². The third-order valence-electron chi connectivity index (χ3n) is 0.696. The zero-order chi connectivity index (χ0) is 7.40. The highest BCUT2D eigenvalue weighted by Crippen LogP contribution is 2.14. The molecule has 0 radical (unpaired) electrons. The lowest BCUT2D eigenvalue weighted by Crippen LogP contribution is -1.76. The van der Waals surface area contributed by atoms with Crippen LogP contribution in [0.1, 0.15) is 6.92 Å². The standard InChI is InChI=1S/C5H5N3OS/c1-4(9)7-8-5-6-2-3-10-5/h2-3H,1H3. The summed E-state index contributed by atoms with van der Waals surface area (Å²) in [4.78, 5) is 14.0. The molecule has 4 nitrogen and oxygen atoms in total. The summed E-state index contributed by atoms with van der Waals surface area (Å²) in [6, 6.07) is 0. The number of amides is 1. The van der Waals surface area contributed by atoms with Crippen LogP contribution in [0.15, 0.2) is 21.8 Å². The van der Waals surface area contributed by atoms with Gasteiger partial charge in [0.1, 0.15) is 0 Å². The Morgan fingerprint density at radius 2 is 2.60 bits per heavy atom. The number of rotatable bonds is 1. The lowest BCUT2D eigenvalue weighted by Gasteiger charge is -1.76. The number of carbonyl (C=O) groups is 1. The van der Waals surface area contributed by atoms with Crippen LogP contribution in [0.2, 0.25) is 0 Å². The Morgan fingerprint density at radius 1 is 1.80 bits per heavy atom. The maximum atomic E-state index is 10.3. The van der Waals surface area contributed by atoms with Crippen LogP contribution in [0.5, 0.6) is 0 Å². The van der Waals surface area contributed by atoms with E-state index in [9.17, 15) is 4.79 Å². The number of azo groups is 1. The molecule has 0 aliphatic rings. The monoisotopic (exact) mass is 155 g/mol. The molecule has 1 amide bonds. The Balaban J connectivity index is 2.64. The summed E-state index contributed by atoms with van der Waals surface area (Å²) in [5.74, 6) is -0.310. The Bertz CT molecular complexity index is 241. The van der Waals surface area contributed by atoms with Crippen molar-refractivity contribution in [2.45, 2.75) is 6.92 Å². The minimum atomic E-state index is -0.310. The zero-order valence-corrected chi connectivity index (χ0v) is 6.13. The third-order valence-corrected chi connectivity index (χ3v) is 1.35. The molecule has 1 aromatic heterocycles. The van der Waals surface area contributed by atoms with E-state index in [1.807, 2.05) is 0 Å². The average Bonchev–Trinajstić information content (AvgIpc) is 2.34. The lowest BCUT2D eigenvalue weighted by atomic mass is 10.8. The van der Waals surface area contributed by atoms with Gasteiger partial charge in [-0.1, -0.05) is 0 Å². The summed E-state index contributed by atoms with van der Waals surface area (Å²) in [5, 5.41) is 9.13. The van der Waals surface area contributed by atoms with Crippen LogP contribution < -0.4 is 0 Å². The van der Waals surface area contributed by atoms with Crippen molar-refractivity contribution in [3.63, 3.8) is 0 Å². The molecule has 0 N–H and O–H groups in total. The van der Waals surface area contributed by atoms with Gasteiger partial charge < -0.3 is 0 Å². The van der Waals surface area contributed by atoms with E-state index in [0.717, 1.165) is 0 Å². The van der Waals surface area contributed by atoms with Gasteiger partial charge in [-0.15, -0.1) is 21.6 Å². The van der Waals surface area contributed by atoms with Gasteiger partial charge in [0.25, 0.3) is 5.91 Å². The fourth-order valence-electron chi connectivity index (χ4n) is 0.378. The van der Waals surface area contributed by atoms with E-state index in [2.05, 4.69) is 15.2 Å². The molecule has 0 aliphatic heterocycles. The van der Waals surface area contributed by atoms with Crippen molar-refractivity contribution in [1.82, 2.24) is 4.98 Å². The second kappa shape index (κ2) is 3.17. The summed E-state index contributed by atoms with van der Waals surface area (Å²) < 4.78 is 0. The van der Waals surface area contributed by atoms with Gasteiger partial charge in [0.15, 0.2) is 0 Å². The van der Waals surface area contributed by atoms with Crippen LogP contribution in [-0.4, -0.2) is 10.9 Å². The van der Waals surface area contributed by atoms with E-state index in [1.54, 1.807) is 11.6 Å². The van der Waals surface area contributed by atoms with Gasteiger partial charge in [-0.05, 0) is 0 Å². The van der Waals surface area contributed by atoms with Crippen LogP contribution >= 0.6 is 11.3 Å². The van der Waals surface area contributed by atoms with Crippen molar-refractivity contribution < 1.29 is 4.79 Å². The molecule has 1 aromatic rings. The quantitative estimate of drug-likeness (QED) is 0.580. The van der Waals surface area contributed by atoms with Crippen molar-refractivity contribution in [2.24, 2.45) is 10.2 Å². The fourth-order valence-corrected chi connectivity index (χ4v) is 0.832. The van der Waals surface area contributed by atoms with Gasteiger partial charge in [-0.2, -0.15) is 0 Å². The maximum Gasteiger partial charge on any atom is 0.261 e. The second-order valence-corrected chi connectivity index (χ2v) is 2.41. The molecule has 1 rings (SSSR count). The first-order chi connectivity index (χ1) is 4.79. The molecule has 52 valence electrons. The van der Waals surface area contributed by atoms with Gasteiger partial charge in [-0.25, -0.2) is 4.98 Å². The number of carbonyl (C=O) groups excluding carboxylic acids is 1. The molecule has 0 atom stereocenters. The van der Waals surface area contributed by atoms with Gasteiger partial charge in [0.05, 0.1) is 0 Å². The predicted octanol–water partition coefficient (Wildman–Crippen LogP) is 1.77. The molecule has 0 bridgehead atoms. The molecular weight excluding hydrogens is 150 g/mol. The summed E-state index contributed by atoms with van der Waals surface area (Å²) in [6.07, 6.45) is 1.61. The normalized spacial score (nSPS) is 10.5. The Morgan fingerprint density at radius 3 is 3.10 bits per heavy atom. The summed E-state index contributed by atoms with van der Waals surface area (Å²) in [7, 11) is 0. The predicted molar refractivity (Wildman–Crippen MR) is 37.3 cm³/mol. The van der Waals surface area contributed by atoms with Crippen molar-refractivity contribution in [3.05, 3.63) is 11.6 Å². The number of hydrogen-bond acceptors (Lipinski definition) is 4. The Labute approximate surface area is 61.6 Å². The number of nitrogens with zero attached hydrogens (tertiary/aromatic N) is 3. The topological polar surface area (TPSA) is 54.7 Å². The molecule has 0 saturated heterocycles. The van der Waals surface area contributed by atoms with Crippen LogP contribution in [-0.2, 0) is 4.79 Å². The molecule has 1 heterocycles. The minimum Gasteiger partial charge on any atom is -0.271 e. The first kappa shape index (κ1) is 7.01. The summed E-state index contributed by atoms with van der Waals surface area (Å²) in [5.41, 5.74) is 0. The molecular formula is C5H5N3OS. The Kier molecular flexibility index (Phi) is 2.22. The number of thiazole rings is 1. The van der Waals surface area contributed by atoms with E-state index in [-0.39, 0.29) is 5.91 Å². The van der Waals surface area contributed by atoms with Crippen molar-refractivity contribution in [2.75, 3.05) is 0 Å². The second-order valence-electron chi connectivity index (χ2n) is 1.53. The largest absolute Gasteiger partial charge is 0.271 e. The van der Waals surface area contributed by atoms with Crippen molar-refractivity contribution >= 4 is 22.4 Å². The molecule has 0 saturated carbocycles. The number of aromatic nitrogens is 1. The van der Waals surface area contributed by atoms with Crippen LogP contribution in [0, 0.1) is 0 Å². The highest BCUT2D eigenvalue weighted by Gasteiger charge is 1.89. The third kappa shape index (κ3) is 2.02. The molecule has 0 spiro atoms. The van der Waals surface area contributed by atoms with Gasteiger partial charge in [0.2, 0.25) is 5.13 Å². The minimum absolute atomic E-state index is 0.310. The molecule has 0 unspecified atom stereocenters.